The molecule has 1 heterocycles. The van der Waals surface area contributed by atoms with E-state index in [9.17, 15) is 14.7 Å². The lowest BCUT2D eigenvalue weighted by atomic mass is 10.1. The predicted octanol–water partition coefficient (Wildman–Crippen LogP) is 5.85. The van der Waals surface area contributed by atoms with Crippen LogP contribution in [0.1, 0.15) is 51.9 Å². The van der Waals surface area contributed by atoms with Gasteiger partial charge in [0, 0.05) is 12.2 Å². The van der Waals surface area contributed by atoms with Crippen molar-refractivity contribution in [2.24, 2.45) is 0 Å². The molecule has 0 aliphatic heterocycles. The maximum Gasteiger partial charge on any atom is 0.336 e. The Morgan fingerprint density at radius 1 is 0.970 bits per heavy atom. The summed E-state index contributed by atoms with van der Waals surface area (Å²) in [4.78, 5) is 28.8. The number of amides is 1. The first kappa shape index (κ1) is 22.0. The van der Waals surface area contributed by atoms with Gasteiger partial charge >= 0.3 is 5.97 Å². The number of unbranched alkanes of at least 4 members (excludes halogenated alkanes) is 1. The lowest BCUT2D eigenvalue weighted by Crippen LogP contribution is -2.16. The number of carbonyl (C=O) groups excluding carboxylic acids is 1. The zero-order valence-electron chi connectivity index (χ0n) is 18.4. The second kappa shape index (κ2) is 9.96. The second-order valence-corrected chi connectivity index (χ2v) is 7.74. The van der Waals surface area contributed by atoms with E-state index < -0.39 is 11.9 Å². The number of aromatic carboxylic acids is 1. The van der Waals surface area contributed by atoms with Crippen LogP contribution in [0, 0.1) is 0 Å². The lowest BCUT2D eigenvalue weighted by Gasteiger charge is -2.10. The number of allylic oxidation sites excluding steroid dienone is 1. The van der Waals surface area contributed by atoms with Crippen LogP contribution in [-0.2, 0) is 6.54 Å². The number of hydrogen-bond donors (Lipinski definition) is 2. The van der Waals surface area contributed by atoms with Crippen molar-refractivity contribution >= 4 is 34.7 Å². The molecular formula is C27H25N3O3. The van der Waals surface area contributed by atoms with E-state index in [-0.39, 0.29) is 11.1 Å². The van der Waals surface area contributed by atoms with E-state index in [4.69, 9.17) is 4.98 Å². The summed E-state index contributed by atoms with van der Waals surface area (Å²) in [5.41, 5.74) is 3.78. The Kier molecular flexibility index (Phi) is 6.64. The summed E-state index contributed by atoms with van der Waals surface area (Å²) in [6.45, 7) is 2.79. The number of fused-ring (bicyclic) bond motifs is 1. The highest BCUT2D eigenvalue weighted by Crippen LogP contribution is 2.21. The second-order valence-electron chi connectivity index (χ2n) is 7.74. The highest BCUT2D eigenvalue weighted by atomic mass is 16.4. The van der Waals surface area contributed by atoms with Gasteiger partial charge in [-0.15, -0.1) is 0 Å². The van der Waals surface area contributed by atoms with Crippen LogP contribution in [0.4, 0.5) is 5.69 Å². The van der Waals surface area contributed by atoms with Crippen LogP contribution in [0.2, 0.25) is 0 Å². The maximum atomic E-state index is 12.6. The van der Waals surface area contributed by atoms with Crippen molar-refractivity contribution in [1.29, 1.82) is 0 Å². The van der Waals surface area contributed by atoms with E-state index in [0.29, 0.717) is 12.2 Å². The van der Waals surface area contributed by atoms with Gasteiger partial charge in [-0.1, -0.05) is 55.8 Å². The van der Waals surface area contributed by atoms with Crippen LogP contribution in [0.3, 0.4) is 0 Å². The molecule has 2 N–H and O–H groups in total. The molecule has 1 amide bonds. The van der Waals surface area contributed by atoms with Gasteiger partial charge in [0.05, 0.1) is 22.2 Å². The molecule has 0 atom stereocenters. The number of nitrogens with zero attached hydrogens (tertiary/aromatic N) is 2. The molecule has 0 fully saturated rings. The Bertz CT molecular complexity index is 1320. The average Bonchev–Trinajstić information content (AvgIpc) is 3.17. The number of carboxylic acids is 1. The largest absolute Gasteiger partial charge is 0.478 e. The summed E-state index contributed by atoms with van der Waals surface area (Å²) in [6.07, 6.45) is 6.30. The molecular weight excluding hydrogens is 414 g/mol. The van der Waals surface area contributed by atoms with E-state index in [2.05, 4.69) is 35.0 Å². The van der Waals surface area contributed by atoms with Crippen LogP contribution >= 0.6 is 0 Å². The Labute approximate surface area is 192 Å². The highest BCUT2D eigenvalue weighted by Gasteiger charge is 2.16. The molecule has 0 bridgehead atoms. The van der Waals surface area contributed by atoms with Gasteiger partial charge in [-0.2, -0.15) is 0 Å². The van der Waals surface area contributed by atoms with Gasteiger partial charge in [-0.25, -0.2) is 9.78 Å². The van der Waals surface area contributed by atoms with Crippen LogP contribution in [0.25, 0.3) is 17.1 Å². The Morgan fingerprint density at radius 3 is 2.39 bits per heavy atom. The van der Waals surface area contributed by atoms with E-state index in [0.717, 1.165) is 35.3 Å². The minimum absolute atomic E-state index is 0.0257. The first-order chi connectivity index (χ1) is 16.1. The first-order valence-electron chi connectivity index (χ1n) is 10.9. The molecule has 4 aromatic rings. The molecule has 6 nitrogen and oxygen atoms in total. The smallest absolute Gasteiger partial charge is 0.336 e. The Balaban J connectivity index is 1.54. The van der Waals surface area contributed by atoms with Crippen molar-refractivity contribution in [3.63, 3.8) is 0 Å². The fourth-order valence-corrected chi connectivity index (χ4v) is 3.69. The topological polar surface area (TPSA) is 84.2 Å². The van der Waals surface area contributed by atoms with Crippen LogP contribution < -0.4 is 5.32 Å². The molecule has 3 aromatic carbocycles. The highest BCUT2D eigenvalue weighted by molar-refractivity contribution is 6.10. The van der Waals surface area contributed by atoms with Crippen LogP contribution in [-0.4, -0.2) is 26.5 Å². The number of carbonyl (C=O) groups is 2. The van der Waals surface area contributed by atoms with E-state index in [1.807, 2.05) is 42.5 Å². The molecule has 33 heavy (non-hydrogen) atoms. The van der Waals surface area contributed by atoms with Gasteiger partial charge < -0.3 is 15.0 Å². The molecule has 0 saturated carbocycles. The number of nitrogens with one attached hydrogen (secondary N) is 1. The summed E-state index contributed by atoms with van der Waals surface area (Å²) in [5.74, 6) is -0.676. The molecule has 0 radical (unpaired) electrons. The molecule has 166 valence electrons. The molecule has 0 aliphatic carbocycles. The van der Waals surface area contributed by atoms with Crippen LogP contribution in [0.15, 0.2) is 78.9 Å². The number of benzene rings is 3. The number of imidazole rings is 1. The zero-order valence-corrected chi connectivity index (χ0v) is 18.4. The minimum atomic E-state index is -1.13. The number of para-hydroxylation sites is 2. The number of aromatic nitrogens is 2. The van der Waals surface area contributed by atoms with Crippen molar-refractivity contribution in [2.45, 2.75) is 26.3 Å². The summed E-state index contributed by atoms with van der Waals surface area (Å²) in [7, 11) is 0. The van der Waals surface area contributed by atoms with E-state index in [1.54, 1.807) is 12.1 Å². The summed E-state index contributed by atoms with van der Waals surface area (Å²) in [5, 5.41) is 12.1. The van der Waals surface area contributed by atoms with Gasteiger partial charge in [0.1, 0.15) is 5.82 Å². The van der Waals surface area contributed by atoms with Crippen molar-refractivity contribution in [1.82, 2.24) is 9.55 Å². The molecule has 0 spiro atoms. The van der Waals surface area contributed by atoms with Crippen molar-refractivity contribution in [3.05, 3.63) is 101 Å². The number of anilines is 1. The minimum Gasteiger partial charge on any atom is -0.478 e. The van der Waals surface area contributed by atoms with E-state index >= 15 is 0 Å². The van der Waals surface area contributed by atoms with Crippen molar-refractivity contribution in [3.8, 4) is 0 Å². The average molecular weight is 440 g/mol. The van der Waals surface area contributed by atoms with E-state index in [1.165, 1.54) is 12.1 Å². The fourth-order valence-electron chi connectivity index (χ4n) is 3.69. The summed E-state index contributed by atoms with van der Waals surface area (Å²) in [6, 6.07) is 21.8. The Morgan fingerprint density at radius 2 is 1.67 bits per heavy atom. The molecule has 4 rings (SSSR count). The normalized spacial score (nSPS) is 11.2. The third kappa shape index (κ3) is 5.01. The number of carboxylic acid groups (broad SMARTS) is 1. The monoisotopic (exact) mass is 439 g/mol. The maximum absolute atomic E-state index is 12.6. The van der Waals surface area contributed by atoms with Gasteiger partial charge in [0.15, 0.2) is 0 Å². The van der Waals surface area contributed by atoms with Crippen LogP contribution in [0.5, 0.6) is 0 Å². The van der Waals surface area contributed by atoms with Crippen molar-refractivity contribution < 1.29 is 14.7 Å². The summed E-state index contributed by atoms with van der Waals surface area (Å²) >= 11 is 0. The third-order valence-corrected chi connectivity index (χ3v) is 5.36. The number of hydrogen-bond acceptors (Lipinski definition) is 3. The Hall–Kier alpha value is -4.19. The quantitative estimate of drug-likeness (QED) is 0.361. The van der Waals surface area contributed by atoms with Gasteiger partial charge in [-0.3, -0.25) is 4.79 Å². The number of rotatable bonds is 8. The molecule has 1 aromatic heterocycles. The first-order valence-corrected chi connectivity index (χ1v) is 10.9. The summed E-state index contributed by atoms with van der Waals surface area (Å²) < 4.78 is 2.18. The lowest BCUT2D eigenvalue weighted by molar-refractivity contribution is 0.0692. The third-order valence-electron chi connectivity index (χ3n) is 5.36. The molecule has 0 unspecified atom stereocenters. The van der Waals surface area contributed by atoms with Gasteiger partial charge in [-0.05, 0) is 54.5 Å². The fraction of sp³-hybridized carbons (Fsp3) is 0.148. The van der Waals surface area contributed by atoms with Gasteiger partial charge in [0.2, 0.25) is 0 Å². The SMILES string of the molecule is CCCC=Cc1nc2ccccc2n1Cc1ccc(NC(=O)c2ccccc2C(=O)O)cc1. The molecule has 0 saturated heterocycles. The molecule has 6 heteroatoms. The zero-order chi connectivity index (χ0) is 23.2. The van der Waals surface area contributed by atoms with Crippen molar-refractivity contribution in [2.75, 3.05) is 5.32 Å². The predicted molar refractivity (Wildman–Crippen MR) is 131 cm³/mol. The van der Waals surface area contributed by atoms with Gasteiger partial charge in [0.25, 0.3) is 5.91 Å². The standard InChI is InChI=1S/C27H25N3O3/c1-2-3-4-13-25-29-23-11-7-8-12-24(23)30(25)18-19-14-16-20(17-15-19)28-26(31)21-9-5-6-10-22(21)27(32)33/h4-17H,2-3,18H2,1H3,(H,28,31)(H,32,33). The molecule has 0 aliphatic rings.